The molecule has 8 nitrogen and oxygen atoms in total. The van der Waals surface area contributed by atoms with Crippen molar-refractivity contribution in [1.82, 2.24) is 0 Å². The summed E-state index contributed by atoms with van der Waals surface area (Å²) in [7, 11) is 1.61. The molecule has 0 radical (unpaired) electrons. The van der Waals surface area contributed by atoms with Gasteiger partial charge in [0.15, 0.2) is 0 Å². The lowest BCUT2D eigenvalue weighted by atomic mass is 10.1. The zero-order chi connectivity index (χ0) is 19.5. The van der Waals surface area contributed by atoms with Gasteiger partial charge in [-0.2, -0.15) is 5.32 Å². The summed E-state index contributed by atoms with van der Waals surface area (Å²) in [5.74, 6) is -0.329. The van der Waals surface area contributed by atoms with Crippen LogP contribution in [0.5, 0.6) is 0 Å². The van der Waals surface area contributed by atoms with E-state index in [1.165, 1.54) is 11.1 Å². The highest BCUT2D eigenvalue weighted by Gasteiger charge is 2.22. The van der Waals surface area contributed by atoms with Gasteiger partial charge in [0, 0.05) is 12.7 Å². The Hall–Kier alpha value is -2.81. The lowest BCUT2D eigenvalue weighted by Gasteiger charge is -2.25. The van der Waals surface area contributed by atoms with Gasteiger partial charge in [-0.1, -0.05) is 0 Å². The quantitative estimate of drug-likeness (QED) is 0.816. The van der Waals surface area contributed by atoms with Crippen LogP contribution in [-0.4, -0.2) is 24.6 Å². The molecule has 26 heavy (non-hydrogen) atoms. The second-order valence-electron chi connectivity index (χ2n) is 6.64. The summed E-state index contributed by atoms with van der Waals surface area (Å²) in [4.78, 5) is 39.2. The van der Waals surface area contributed by atoms with Gasteiger partial charge in [0.05, 0.1) is 5.56 Å². The number of anilines is 2. The first-order valence-corrected chi connectivity index (χ1v) is 8.66. The van der Waals surface area contributed by atoms with Gasteiger partial charge >= 0.3 is 17.1 Å². The summed E-state index contributed by atoms with van der Waals surface area (Å²) < 4.78 is 5.33. The summed E-state index contributed by atoms with van der Waals surface area (Å²) in [5.41, 5.74) is 1.17. The lowest BCUT2D eigenvalue weighted by molar-refractivity contribution is -0.353. The summed E-state index contributed by atoms with van der Waals surface area (Å²) in [6.45, 7) is 7.16. The number of carbonyl (C=O) groups is 2. The molecule has 0 aliphatic rings. The summed E-state index contributed by atoms with van der Waals surface area (Å²) in [5, 5.41) is 6.13. The Morgan fingerprint density at radius 1 is 1.31 bits per heavy atom. The standard InChI is InChI=1S/C17H20N4O4S/c1-10-8-11(21(5)16(23)25-17(2,3)4)6-7-12(10)14(22)19-15-18-9-13(20-24)26-15/h6-9H,1-5H3,(H,18,19,22)/p+1. The van der Waals surface area contributed by atoms with Gasteiger partial charge < -0.3 is 4.74 Å². The van der Waals surface area contributed by atoms with Gasteiger partial charge in [0.1, 0.15) is 11.8 Å². The number of nitrogens with zero attached hydrogens (tertiary/aromatic N) is 2. The van der Waals surface area contributed by atoms with Crippen LogP contribution in [0.15, 0.2) is 29.6 Å². The fourth-order valence-corrected chi connectivity index (χ4v) is 2.74. The van der Waals surface area contributed by atoms with E-state index in [1.807, 2.05) is 0 Å². The van der Waals surface area contributed by atoms with Crippen molar-refractivity contribution >= 4 is 39.2 Å². The maximum Gasteiger partial charge on any atom is 0.414 e. The van der Waals surface area contributed by atoms with E-state index in [4.69, 9.17) is 4.74 Å². The van der Waals surface area contributed by atoms with Crippen molar-refractivity contribution in [3.63, 3.8) is 0 Å². The van der Waals surface area contributed by atoms with E-state index >= 15 is 0 Å². The van der Waals surface area contributed by atoms with Gasteiger partial charge in [0.25, 0.3) is 0 Å². The summed E-state index contributed by atoms with van der Waals surface area (Å²) >= 11 is 1.04. The predicted octanol–water partition coefficient (Wildman–Crippen LogP) is 3.89. The minimum absolute atomic E-state index is 0.242. The van der Waals surface area contributed by atoms with Gasteiger partial charge in [-0.15, -0.1) is 4.91 Å². The zero-order valence-electron chi connectivity index (χ0n) is 15.2. The van der Waals surface area contributed by atoms with Crippen molar-refractivity contribution in [2.75, 3.05) is 17.3 Å². The van der Waals surface area contributed by atoms with Crippen LogP contribution in [0.2, 0.25) is 0 Å². The molecule has 2 amide bonds. The second kappa shape index (κ2) is 7.61. The predicted molar refractivity (Wildman–Crippen MR) is 100 cm³/mol. The number of H-pyrrole nitrogens is 1. The fraction of sp³-hybridized carbons (Fsp3) is 0.353. The van der Waals surface area contributed by atoms with Gasteiger partial charge in [0.2, 0.25) is 5.00 Å². The zero-order valence-corrected chi connectivity index (χ0v) is 16.1. The molecular formula is C17H21N4O4S+. The number of aromatic nitrogens is 1. The molecule has 2 rings (SSSR count). The van der Waals surface area contributed by atoms with Crippen LogP contribution in [0, 0.1) is 11.8 Å². The van der Waals surface area contributed by atoms with Gasteiger partial charge in [-0.05, 0) is 68.0 Å². The topological polar surface area (TPSA) is 102 Å². The van der Waals surface area contributed by atoms with E-state index < -0.39 is 11.7 Å². The van der Waals surface area contributed by atoms with Crippen molar-refractivity contribution in [3.05, 3.63) is 40.4 Å². The Bertz CT molecular complexity index is 842. The van der Waals surface area contributed by atoms with Crippen LogP contribution < -0.4 is 15.2 Å². The van der Waals surface area contributed by atoms with Crippen molar-refractivity contribution in [2.24, 2.45) is 5.18 Å². The minimum Gasteiger partial charge on any atom is -0.443 e. The molecule has 0 spiro atoms. The summed E-state index contributed by atoms with van der Waals surface area (Å²) in [6.07, 6.45) is 0.940. The number of carbonyl (C=O) groups excluding carboxylic acids is 2. The Morgan fingerprint density at radius 3 is 2.54 bits per heavy atom. The molecule has 9 heteroatoms. The number of ether oxygens (including phenoxy) is 1. The Kier molecular flexibility index (Phi) is 5.71. The molecule has 1 aromatic carbocycles. The van der Waals surface area contributed by atoms with Crippen LogP contribution in [0.25, 0.3) is 0 Å². The SMILES string of the molecule is Cc1cc(N(C)C(=O)OC(C)(C)C)ccc1C(=O)Nc1[nH+]cc(N=O)s1. The number of amides is 2. The number of nitroso groups, excluding NO2 is 1. The highest BCUT2D eigenvalue weighted by atomic mass is 32.1. The fourth-order valence-electron chi connectivity index (χ4n) is 2.11. The highest BCUT2D eigenvalue weighted by molar-refractivity contribution is 7.18. The highest BCUT2D eigenvalue weighted by Crippen LogP contribution is 2.24. The Morgan fingerprint density at radius 2 is 2.00 bits per heavy atom. The second-order valence-corrected chi connectivity index (χ2v) is 7.67. The largest absolute Gasteiger partial charge is 0.443 e. The average Bonchev–Trinajstić information content (AvgIpc) is 2.99. The van der Waals surface area contributed by atoms with E-state index in [1.54, 1.807) is 52.9 Å². The molecule has 0 aliphatic carbocycles. The van der Waals surface area contributed by atoms with Gasteiger partial charge in [-0.3, -0.25) is 4.90 Å². The number of thiazole rings is 1. The van der Waals surface area contributed by atoms with E-state index in [2.05, 4.69) is 15.5 Å². The van der Waals surface area contributed by atoms with Crippen LogP contribution in [0.4, 0.5) is 20.6 Å². The first kappa shape index (κ1) is 19.5. The third-order valence-electron chi connectivity index (χ3n) is 3.36. The number of benzene rings is 1. The molecule has 0 saturated heterocycles. The monoisotopic (exact) mass is 377 g/mol. The lowest BCUT2D eigenvalue weighted by Crippen LogP contribution is -2.34. The third kappa shape index (κ3) is 4.85. The van der Waals surface area contributed by atoms with Crippen LogP contribution in [-0.2, 0) is 4.74 Å². The Labute approximate surface area is 155 Å². The van der Waals surface area contributed by atoms with Crippen molar-refractivity contribution < 1.29 is 19.3 Å². The molecule has 0 saturated carbocycles. The first-order chi connectivity index (χ1) is 12.1. The maximum absolute atomic E-state index is 12.4. The number of hydrogen-bond donors (Lipinski definition) is 1. The molecule has 2 aromatic rings. The number of hydrogen-bond acceptors (Lipinski definition) is 6. The Balaban J connectivity index is 2.14. The number of aryl methyl sites for hydroxylation is 1. The van der Waals surface area contributed by atoms with E-state index in [-0.39, 0.29) is 10.9 Å². The number of rotatable bonds is 4. The summed E-state index contributed by atoms with van der Waals surface area (Å²) in [6, 6.07) is 5.03. The molecule has 0 bridgehead atoms. The smallest absolute Gasteiger partial charge is 0.414 e. The van der Waals surface area contributed by atoms with Crippen molar-refractivity contribution in [3.8, 4) is 0 Å². The molecular weight excluding hydrogens is 356 g/mol. The molecule has 1 aromatic heterocycles. The molecule has 1 heterocycles. The number of aromatic amines is 1. The molecule has 138 valence electrons. The van der Waals surface area contributed by atoms with Gasteiger partial charge in [-0.25, -0.2) is 14.6 Å². The molecule has 0 unspecified atom stereocenters. The van der Waals surface area contributed by atoms with Crippen molar-refractivity contribution in [1.29, 1.82) is 0 Å². The molecule has 0 atom stereocenters. The first-order valence-electron chi connectivity index (χ1n) is 7.84. The van der Waals surface area contributed by atoms with E-state index in [9.17, 15) is 14.5 Å². The molecule has 0 fully saturated rings. The van der Waals surface area contributed by atoms with Crippen LogP contribution >= 0.6 is 11.3 Å². The van der Waals surface area contributed by atoms with Crippen LogP contribution in [0.3, 0.4) is 0 Å². The third-order valence-corrected chi connectivity index (χ3v) is 4.19. The van der Waals surface area contributed by atoms with E-state index in [0.717, 1.165) is 11.3 Å². The average molecular weight is 377 g/mol. The normalized spacial score (nSPS) is 11.0. The molecule has 2 N–H and O–H groups in total. The van der Waals surface area contributed by atoms with Crippen molar-refractivity contribution in [2.45, 2.75) is 33.3 Å². The molecule has 0 aliphatic heterocycles. The van der Waals surface area contributed by atoms with E-state index in [0.29, 0.717) is 21.9 Å². The van der Waals surface area contributed by atoms with Crippen LogP contribution in [0.1, 0.15) is 36.7 Å². The number of nitrogens with one attached hydrogen (secondary N) is 2. The maximum atomic E-state index is 12.4. The minimum atomic E-state index is -0.591.